The lowest BCUT2D eigenvalue weighted by Crippen LogP contribution is -2.33. The Hall–Kier alpha value is -1.55. The summed E-state index contributed by atoms with van der Waals surface area (Å²) in [6.45, 7) is 2.40. The zero-order chi connectivity index (χ0) is 16.4. The van der Waals surface area contributed by atoms with Gasteiger partial charge < -0.3 is 4.90 Å². The van der Waals surface area contributed by atoms with Gasteiger partial charge in [0.1, 0.15) is 0 Å². The predicted molar refractivity (Wildman–Crippen MR) is 113 cm³/mol. The van der Waals surface area contributed by atoms with Crippen LogP contribution in [-0.2, 0) is 0 Å². The summed E-state index contributed by atoms with van der Waals surface area (Å²) in [7, 11) is 2.21. The summed E-state index contributed by atoms with van der Waals surface area (Å²) >= 11 is 0. The lowest BCUT2D eigenvalue weighted by Gasteiger charge is -2.35. The number of rotatable bonds is 3. The molecule has 0 spiro atoms. The van der Waals surface area contributed by atoms with E-state index in [-0.39, 0.29) is 23.1 Å². The van der Waals surface area contributed by atoms with E-state index in [4.69, 9.17) is 0 Å². The number of benzene rings is 2. The second kappa shape index (κ2) is 8.22. The summed E-state index contributed by atoms with van der Waals surface area (Å²) < 4.78 is 2.57. The van der Waals surface area contributed by atoms with Crippen LogP contribution in [0.4, 0.5) is 5.69 Å². The highest BCUT2D eigenvalue weighted by Gasteiger charge is 2.29. The Morgan fingerprint density at radius 3 is 2.12 bits per heavy atom. The van der Waals surface area contributed by atoms with Crippen LogP contribution in [0.1, 0.15) is 12.8 Å². The number of hydrogen-bond acceptors (Lipinski definition) is 2. The third kappa shape index (κ3) is 3.84. The standard InChI is InChI=1S/C21H24N2S.ClH/c1-22-15-12-18(13-16-22)21-14-17-24(20-10-6-3-7-11-20)23(21)19-8-4-2-5-9-19;/h2-11,14,17-18H,12-13,15-16H2,1H3;1H. The van der Waals surface area contributed by atoms with E-state index >= 15 is 0 Å². The Morgan fingerprint density at radius 1 is 0.880 bits per heavy atom. The van der Waals surface area contributed by atoms with E-state index in [0.717, 1.165) is 0 Å². The van der Waals surface area contributed by atoms with Crippen LogP contribution < -0.4 is 4.31 Å². The monoisotopic (exact) mass is 372 g/mol. The molecule has 2 aromatic carbocycles. The molecular formula is C21H25ClN2S. The Bertz CT molecular complexity index is 750. The van der Waals surface area contributed by atoms with Crippen molar-refractivity contribution >= 4 is 34.1 Å². The topological polar surface area (TPSA) is 6.48 Å². The first kappa shape index (κ1) is 18.2. The zero-order valence-electron chi connectivity index (χ0n) is 14.5. The molecule has 2 aromatic rings. The maximum Gasteiger partial charge on any atom is 0.0519 e. The molecule has 0 saturated carbocycles. The molecule has 0 radical (unpaired) electrons. The first-order valence-corrected chi connectivity index (χ1v) is 9.94. The van der Waals surface area contributed by atoms with Crippen molar-refractivity contribution in [2.45, 2.75) is 17.7 Å². The van der Waals surface area contributed by atoms with Gasteiger partial charge in [-0.1, -0.05) is 47.1 Å². The molecule has 1 unspecified atom stereocenters. The third-order valence-corrected chi connectivity index (χ3v) is 6.88. The Balaban J connectivity index is 0.00000182. The van der Waals surface area contributed by atoms with E-state index in [0.29, 0.717) is 5.92 Å². The van der Waals surface area contributed by atoms with Crippen LogP contribution in [0.5, 0.6) is 0 Å². The first-order chi connectivity index (χ1) is 11.8. The van der Waals surface area contributed by atoms with Gasteiger partial charge in [-0.25, -0.2) is 0 Å². The Labute approximate surface area is 159 Å². The number of likely N-dealkylation sites (tertiary alicyclic amines) is 1. The molecule has 132 valence electrons. The molecule has 1 saturated heterocycles. The molecule has 25 heavy (non-hydrogen) atoms. The van der Waals surface area contributed by atoms with E-state index in [2.05, 4.69) is 88.4 Å². The van der Waals surface area contributed by atoms with Gasteiger partial charge in [-0.15, -0.1) is 12.4 Å². The van der Waals surface area contributed by atoms with Crippen LogP contribution in [0.2, 0.25) is 0 Å². The van der Waals surface area contributed by atoms with Gasteiger partial charge in [0.2, 0.25) is 0 Å². The van der Waals surface area contributed by atoms with Crippen molar-refractivity contribution < 1.29 is 0 Å². The molecule has 2 nitrogen and oxygen atoms in total. The Kier molecular flexibility index (Phi) is 6.00. The number of allylic oxidation sites excluding steroid dienone is 2. The van der Waals surface area contributed by atoms with Crippen LogP contribution in [0.15, 0.2) is 77.3 Å². The molecule has 4 rings (SSSR count). The van der Waals surface area contributed by atoms with E-state index in [1.54, 1.807) is 0 Å². The highest BCUT2D eigenvalue weighted by molar-refractivity contribution is 8.16. The lowest BCUT2D eigenvalue weighted by molar-refractivity contribution is 0.238. The van der Waals surface area contributed by atoms with Crippen molar-refractivity contribution in [1.29, 1.82) is 0 Å². The SMILES string of the molecule is CN1CCC(C2=CC=S(c3ccccc3)N2c2ccccc2)CC1.Cl. The normalized spacial score (nSPS) is 21.4. The van der Waals surface area contributed by atoms with Crippen LogP contribution in [0.3, 0.4) is 0 Å². The minimum atomic E-state index is -0.0178. The predicted octanol–water partition coefficient (Wildman–Crippen LogP) is 5.20. The number of piperidine rings is 1. The zero-order valence-corrected chi connectivity index (χ0v) is 16.2. The molecule has 0 aromatic heterocycles. The van der Waals surface area contributed by atoms with Gasteiger partial charge in [-0.05, 0) is 68.7 Å². The van der Waals surface area contributed by atoms with Crippen molar-refractivity contribution in [2.24, 2.45) is 5.92 Å². The maximum atomic E-state index is 2.57. The molecule has 4 heteroatoms. The molecule has 2 heterocycles. The molecule has 2 aliphatic heterocycles. The summed E-state index contributed by atoms with van der Waals surface area (Å²) in [6, 6.07) is 21.8. The van der Waals surface area contributed by atoms with Gasteiger partial charge in [0.25, 0.3) is 0 Å². The van der Waals surface area contributed by atoms with Gasteiger partial charge >= 0.3 is 0 Å². The van der Waals surface area contributed by atoms with Crippen molar-refractivity contribution in [3.8, 4) is 0 Å². The van der Waals surface area contributed by atoms with Crippen molar-refractivity contribution in [3.63, 3.8) is 0 Å². The Morgan fingerprint density at radius 2 is 1.48 bits per heavy atom. The van der Waals surface area contributed by atoms with Crippen LogP contribution in [0.25, 0.3) is 0 Å². The highest BCUT2D eigenvalue weighted by Crippen LogP contribution is 2.45. The van der Waals surface area contributed by atoms with Gasteiger partial charge in [0, 0.05) is 16.5 Å². The summed E-state index contributed by atoms with van der Waals surface area (Å²) in [5.74, 6) is 0.666. The van der Waals surface area contributed by atoms with Crippen molar-refractivity contribution in [1.82, 2.24) is 4.90 Å². The number of nitrogens with zero attached hydrogens (tertiary/aromatic N) is 2. The maximum absolute atomic E-state index is 2.57. The van der Waals surface area contributed by atoms with Crippen LogP contribution in [0, 0.1) is 5.92 Å². The van der Waals surface area contributed by atoms with Gasteiger partial charge in [0.05, 0.1) is 5.69 Å². The minimum Gasteiger partial charge on any atom is -0.306 e. The molecule has 0 aliphatic carbocycles. The largest absolute Gasteiger partial charge is 0.306 e. The number of hydrogen-bond donors (Lipinski definition) is 0. The number of para-hydroxylation sites is 1. The second-order valence-corrected chi connectivity index (χ2v) is 8.30. The van der Waals surface area contributed by atoms with E-state index in [9.17, 15) is 0 Å². The molecule has 2 aliphatic rings. The first-order valence-electron chi connectivity index (χ1n) is 8.70. The third-order valence-electron chi connectivity index (χ3n) is 4.91. The van der Waals surface area contributed by atoms with Gasteiger partial charge in [0.15, 0.2) is 0 Å². The van der Waals surface area contributed by atoms with Crippen molar-refractivity contribution in [2.75, 3.05) is 24.4 Å². The van der Waals surface area contributed by atoms with E-state index in [1.165, 1.54) is 42.2 Å². The summed E-state index contributed by atoms with van der Waals surface area (Å²) in [5, 5.41) is 2.40. The van der Waals surface area contributed by atoms with Crippen LogP contribution in [-0.4, -0.2) is 30.4 Å². The fourth-order valence-electron chi connectivity index (χ4n) is 3.55. The molecule has 1 atom stereocenters. The summed E-state index contributed by atoms with van der Waals surface area (Å²) in [5.41, 5.74) is 2.81. The molecule has 1 fully saturated rings. The quantitative estimate of drug-likeness (QED) is 0.683. The van der Waals surface area contributed by atoms with Gasteiger partial charge in [-0.3, -0.25) is 4.31 Å². The summed E-state index contributed by atoms with van der Waals surface area (Å²) in [6.07, 6.45) is 4.90. The highest BCUT2D eigenvalue weighted by atomic mass is 35.5. The molecular weight excluding hydrogens is 348 g/mol. The lowest BCUT2D eigenvalue weighted by atomic mass is 9.93. The number of anilines is 1. The smallest absolute Gasteiger partial charge is 0.0519 e. The number of halogens is 1. The van der Waals surface area contributed by atoms with Crippen molar-refractivity contribution in [3.05, 3.63) is 72.4 Å². The summed E-state index contributed by atoms with van der Waals surface area (Å²) in [4.78, 5) is 3.83. The molecule has 0 amide bonds. The molecule has 0 bridgehead atoms. The second-order valence-electron chi connectivity index (χ2n) is 6.56. The van der Waals surface area contributed by atoms with E-state index in [1.807, 2.05) is 0 Å². The average molecular weight is 373 g/mol. The average Bonchev–Trinajstić information content (AvgIpc) is 3.09. The fraction of sp³-hybridized carbons (Fsp3) is 0.286. The van der Waals surface area contributed by atoms with E-state index < -0.39 is 0 Å². The fourth-order valence-corrected chi connectivity index (χ4v) is 5.53. The minimum absolute atomic E-state index is 0. The van der Waals surface area contributed by atoms with Gasteiger partial charge in [-0.2, -0.15) is 0 Å². The molecule has 0 N–H and O–H groups in total. The van der Waals surface area contributed by atoms with Crippen LogP contribution >= 0.6 is 23.1 Å².